The van der Waals surface area contributed by atoms with Gasteiger partial charge < -0.3 is 20.9 Å². The number of nitrogen functional groups attached to an aromatic ring is 1. The minimum Gasteiger partial charge on any atom is -0.384 e. The zero-order valence-electron chi connectivity index (χ0n) is 22.1. The van der Waals surface area contributed by atoms with Crippen molar-refractivity contribution in [2.75, 3.05) is 32.4 Å². The third-order valence-corrected chi connectivity index (χ3v) is 6.96. The first-order valence-corrected chi connectivity index (χ1v) is 12.6. The summed E-state index contributed by atoms with van der Waals surface area (Å²) in [5.74, 6) is -3.45. The number of amides is 2. The number of halogens is 3. The normalized spacial score (nSPS) is 16.6. The maximum atomic E-state index is 13.7. The number of alkyl halides is 2. The summed E-state index contributed by atoms with van der Waals surface area (Å²) in [6, 6.07) is 10.2. The maximum absolute atomic E-state index is 13.7. The fourth-order valence-electron chi connectivity index (χ4n) is 4.97. The number of nitrogens with zero attached hydrogens (tertiary/aromatic N) is 3. The molecule has 3 heterocycles. The van der Waals surface area contributed by atoms with E-state index >= 15 is 0 Å². The Hall–Kier alpha value is -3.57. The van der Waals surface area contributed by atoms with Crippen LogP contribution in [0.2, 0.25) is 0 Å². The molecule has 1 aliphatic rings. The number of aromatic nitrogens is 2. The number of pyridine rings is 2. The molecule has 3 aromatic rings. The van der Waals surface area contributed by atoms with Crippen LogP contribution in [-0.2, 0) is 17.8 Å². The van der Waals surface area contributed by atoms with Crippen molar-refractivity contribution in [2.45, 2.75) is 45.2 Å². The van der Waals surface area contributed by atoms with Crippen LogP contribution in [0, 0.1) is 0 Å². The Kier molecular flexibility index (Phi) is 9.29. The van der Waals surface area contributed by atoms with Crippen molar-refractivity contribution in [1.29, 1.82) is 0 Å². The molecule has 1 atom stereocenters. The Morgan fingerprint density at radius 3 is 2.44 bits per heavy atom. The highest BCUT2D eigenvalue weighted by atomic mass is 35.5. The average Bonchev–Trinajstić information content (AvgIpc) is 3.21. The fourth-order valence-corrected chi connectivity index (χ4v) is 4.97. The molecule has 0 aliphatic carbocycles. The Morgan fingerprint density at radius 2 is 1.82 bits per heavy atom. The van der Waals surface area contributed by atoms with Crippen molar-refractivity contribution >= 4 is 41.1 Å². The monoisotopic (exact) mass is 562 g/mol. The first kappa shape index (κ1) is 30.0. The Labute approximate surface area is 231 Å². The van der Waals surface area contributed by atoms with Crippen molar-refractivity contribution in [1.82, 2.24) is 25.1 Å². The summed E-state index contributed by atoms with van der Waals surface area (Å²) in [5.41, 5.74) is 8.09. The van der Waals surface area contributed by atoms with Crippen LogP contribution in [-0.4, -0.2) is 64.9 Å². The number of likely N-dealkylation sites (tertiary alicyclic amines) is 1. The Balaban J connectivity index is 0.00000420. The van der Waals surface area contributed by atoms with E-state index in [9.17, 15) is 23.2 Å². The van der Waals surface area contributed by atoms with Crippen LogP contribution in [0.25, 0.3) is 22.3 Å². The smallest absolute Gasteiger partial charge is 0.262 e. The topological polar surface area (TPSA) is 122 Å². The minimum absolute atomic E-state index is 0. The molecular formula is C27H33ClF2N6O3. The fraction of sp³-hybridized carbons (Fsp3) is 0.407. The van der Waals surface area contributed by atoms with Crippen LogP contribution >= 0.6 is 12.4 Å². The second kappa shape index (κ2) is 12.1. The van der Waals surface area contributed by atoms with E-state index in [4.69, 9.17) is 5.73 Å². The number of aryl methyl sites for hydroxylation is 1. The Bertz CT molecular complexity index is 1430. The van der Waals surface area contributed by atoms with Gasteiger partial charge in [0.15, 0.2) is 0 Å². The summed E-state index contributed by atoms with van der Waals surface area (Å²) in [6.45, 7) is 4.51. The highest BCUT2D eigenvalue weighted by molar-refractivity contribution is 6.01. The molecule has 1 aromatic carbocycles. The molecule has 0 spiro atoms. The molecule has 39 heavy (non-hydrogen) atoms. The van der Waals surface area contributed by atoms with Gasteiger partial charge in [0.1, 0.15) is 17.0 Å². The number of nitrogens with two attached hydrogens (primary N) is 1. The summed E-state index contributed by atoms with van der Waals surface area (Å²) in [6.07, 6.45) is -0.131. The van der Waals surface area contributed by atoms with Crippen molar-refractivity contribution < 1.29 is 18.4 Å². The molecule has 210 valence electrons. The number of likely N-dealkylation sites (N-methyl/N-ethyl adjacent to an activating group) is 1. The summed E-state index contributed by atoms with van der Waals surface area (Å²) in [5, 5.41) is 5.52. The largest absolute Gasteiger partial charge is 0.384 e. The third kappa shape index (κ3) is 6.20. The lowest BCUT2D eigenvalue weighted by atomic mass is 10.0. The van der Waals surface area contributed by atoms with Gasteiger partial charge in [0.25, 0.3) is 11.8 Å². The van der Waals surface area contributed by atoms with Gasteiger partial charge >= 0.3 is 0 Å². The SMILES string of the molecule is CCN1CC(F)(F)C[C@H]1CNC(=O)Cc1ccc(-c2ccc3c(=O)c(C(=O)NC)c(N)n(CC)c3n2)cc1.Cl. The zero-order chi connectivity index (χ0) is 27.6. The van der Waals surface area contributed by atoms with E-state index in [0.717, 1.165) is 11.1 Å². The molecule has 0 bridgehead atoms. The summed E-state index contributed by atoms with van der Waals surface area (Å²) < 4.78 is 29.1. The summed E-state index contributed by atoms with van der Waals surface area (Å²) in [4.78, 5) is 44.0. The van der Waals surface area contributed by atoms with Crippen molar-refractivity contribution in [3.63, 3.8) is 0 Å². The van der Waals surface area contributed by atoms with Gasteiger partial charge in [-0.05, 0) is 31.2 Å². The number of benzene rings is 1. The molecule has 1 fully saturated rings. The van der Waals surface area contributed by atoms with E-state index in [1.807, 2.05) is 26.0 Å². The first-order chi connectivity index (χ1) is 18.1. The van der Waals surface area contributed by atoms with Gasteiger partial charge in [-0.3, -0.25) is 19.3 Å². The Morgan fingerprint density at radius 1 is 1.13 bits per heavy atom. The van der Waals surface area contributed by atoms with Crippen LogP contribution < -0.4 is 21.8 Å². The molecule has 4 N–H and O–H groups in total. The quantitative estimate of drug-likeness (QED) is 0.388. The van der Waals surface area contributed by atoms with Crippen LogP contribution in [0.5, 0.6) is 0 Å². The molecule has 12 heteroatoms. The van der Waals surface area contributed by atoms with E-state index < -0.39 is 17.3 Å². The van der Waals surface area contributed by atoms with E-state index in [0.29, 0.717) is 29.8 Å². The molecule has 0 radical (unpaired) electrons. The van der Waals surface area contributed by atoms with Crippen LogP contribution in [0.15, 0.2) is 41.2 Å². The van der Waals surface area contributed by atoms with Crippen LogP contribution in [0.4, 0.5) is 14.6 Å². The van der Waals surface area contributed by atoms with E-state index in [1.54, 1.807) is 33.7 Å². The standard InChI is InChI=1S/C27H32F2N6O3.ClH/c1-4-34-15-27(28,29)13-18(34)14-32-21(36)12-16-6-8-17(9-7-16)20-11-10-19-23(37)22(26(38)31-3)24(30)35(5-2)25(19)33-20;/h6-11,18H,4-5,12-15,30H2,1-3H3,(H,31,38)(H,32,36);1H/t18-;/m0./s1. The lowest BCUT2D eigenvalue weighted by molar-refractivity contribution is -0.120. The van der Waals surface area contributed by atoms with Crippen molar-refractivity contribution in [3.05, 3.63) is 57.7 Å². The minimum atomic E-state index is -2.72. The molecule has 1 saturated heterocycles. The lowest BCUT2D eigenvalue weighted by Gasteiger charge is -2.21. The van der Waals surface area contributed by atoms with E-state index in [1.165, 1.54) is 7.05 Å². The first-order valence-electron chi connectivity index (χ1n) is 12.6. The molecule has 2 aromatic heterocycles. The highest BCUT2D eigenvalue weighted by Gasteiger charge is 2.44. The summed E-state index contributed by atoms with van der Waals surface area (Å²) >= 11 is 0. The number of carbonyl (C=O) groups excluding carboxylic acids is 2. The number of fused-ring (bicyclic) bond motifs is 1. The molecule has 4 rings (SSSR count). The summed E-state index contributed by atoms with van der Waals surface area (Å²) in [7, 11) is 1.44. The van der Waals surface area contributed by atoms with Crippen LogP contribution in [0.1, 0.15) is 36.2 Å². The lowest BCUT2D eigenvalue weighted by Crippen LogP contribution is -2.40. The van der Waals surface area contributed by atoms with Gasteiger partial charge in [0.2, 0.25) is 11.3 Å². The molecule has 1 aliphatic heterocycles. The molecule has 2 amide bonds. The van der Waals surface area contributed by atoms with E-state index in [2.05, 4.69) is 15.6 Å². The van der Waals surface area contributed by atoms with Gasteiger partial charge in [-0.1, -0.05) is 31.2 Å². The molecule has 0 unspecified atom stereocenters. The predicted octanol–water partition coefficient (Wildman–Crippen LogP) is 2.84. The van der Waals surface area contributed by atoms with Crippen molar-refractivity contribution in [2.24, 2.45) is 0 Å². The number of hydrogen-bond donors (Lipinski definition) is 3. The average molecular weight is 563 g/mol. The second-order valence-corrected chi connectivity index (χ2v) is 9.44. The maximum Gasteiger partial charge on any atom is 0.262 e. The van der Waals surface area contributed by atoms with Gasteiger partial charge in [-0.15, -0.1) is 12.4 Å². The molecule has 9 nitrogen and oxygen atoms in total. The van der Waals surface area contributed by atoms with Crippen molar-refractivity contribution in [3.8, 4) is 11.3 Å². The number of carbonyl (C=O) groups is 2. The van der Waals surface area contributed by atoms with Gasteiger partial charge in [-0.2, -0.15) is 0 Å². The zero-order valence-corrected chi connectivity index (χ0v) is 22.9. The molecule has 0 saturated carbocycles. The number of rotatable bonds is 8. The van der Waals surface area contributed by atoms with Gasteiger partial charge in [0.05, 0.1) is 24.0 Å². The van der Waals surface area contributed by atoms with Gasteiger partial charge in [0, 0.05) is 38.2 Å². The third-order valence-electron chi connectivity index (χ3n) is 6.96. The van der Waals surface area contributed by atoms with Gasteiger partial charge in [-0.25, -0.2) is 13.8 Å². The second-order valence-electron chi connectivity index (χ2n) is 9.44. The number of hydrogen-bond acceptors (Lipinski definition) is 6. The number of nitrogens with one attached hydrogen (secondary N) is 2. The van der Waals surface area contributed by atoms with E-state index in [-0.39, 0.29) is 61.7 Å². The molecular weight excluding hydrogens is 530 g/mol. The predicted molar refractivity (Wildman–Crippen MR) is 149 cm³/mol. The number of anilines is 1. The van der Waals surface area contributed by atoms with Crippen LogP contribution in [0.3, 0.4) is 0 Å². The highest BCUT2D eigenvalue weighted by Crippen LogP contribution is 2.31.